The van der Waals surface area contributed by atoms with Crippen molar-refractivity contribution in [2.45, 2.75) is 29.6 Å². The Morgan fingerprint density at radius 1 is 0.963 bits per heavy atom. The molecule has 0 amide bonds. The van der Waals surface area contributed by atoms with E-state index in [9.17, 15) is 47.9 Å². The van der Waals surface area contributed by atoms with Crippen LogP contribution in [0.25, 0.3) is 0 Å². The van der Waals surface area contributed by atoms with Crippen LogP contribution in [0.4, 0.5) is 39.5 Å². The molecule has 0 spiro atoms. The summed E-state index contributed by atoms with van der Waals surface area (Å²) in [6.07, 6.45) is -5.40. The number of hydrogen-bond acceptors (Lipinski definition) is 5. The Kier molecular flexibility index (Phi) is 5.93. The third-order valence-corrected chi connectivity index (χ3v) is 4.47. The van der Waals surface area contributed by atoms with E-state index in [4.69, 9.17) is 0 Å². The van der Waals surface area contributed by atoms with E-state index in [0.717, 1.165) is 29.6 Å². The van der Waals surface area contributed by atoms with E-state index in [1.54, 1.807) is 0 Å². The van der Waals surface area contributed by atoms with E-state index in [2.05, 4.69) is 17.3 Å². The lowest BCUT2D eigenvalue weighted by Crippen LogP contribution is -2.64. The van der Waals surface area contributed by atoms with Gasteiger partial charge in [0.1, 0.15) is 0 Å². The molecular formula is C12H11F9N2O3S. The number of hydrogen-bond donors (Lipinski definition) is 0. The topological polar surface area (TPSA) is 49.9 Å². The lowest BCUT2D eigenvalue weighted by atomic mass is 10.1. The highest BCUT2D eigenvalue weighted by atomic mass is 32.2. The number of halogens is 9. The van der Waals surface area contributed by atoms with Crippen LogP contribution in [-0.4, -0.2) is 54.4 Å². The van der Waals surface area contributed by atoms with E-state index in [1.165, 1.54) is 0 Å². The lowest BCUT2D eigenvalue weighted by Gasteiger charge is -2.35. The van der Waals surface area contributed by atoms with Gasteiger partial charge in [-0.15, -0.1) is 6.58 Å². The van der Waals surface area contributed by atoms with Crippen LogP contribution in [0.5, 0.6) is 0 Å². The van der Waals surface area contributed by atoms with Crippen LogP contribution in [0.2, 0.25) is 0 Å². The minimum absolute atomic E-state index is 0.290. The van der Waals surface area contributed by atoms with Gasteiger partial charge in [-0.25, -0.2) is 4.18 Å². The average molecular weight is 434 g/mol. The molecular weight excluding hydrogens is 423 g/mol. The highest BCUT2D eigenvalue weighted by Gasteiger charge is 2.86. The predicted octanol–water partition coefficient (Wildman–Crippen LogP) is 3.46. The van der Waals surface area contributed by atoms with Gasteiger partial charge in [0.15, 0.2) is 0 Å². The Labute approximate surface area is 147 Å². The molecule has 0 aromatic carbocycles. The summed E-state index contributed by atoms with van der Waals surface area (Å²) in [4.78, 5) is 1.43. The summed E-state index contributed by atoms with van der Waals surface area (Å²) in [6.45, 7) is 6.09. The van der Waals surface area contributed by atoms with Gasteiger partial charge in [0.25, 0.3) is 0 Å². The second kappa shape index (κ2) is 6.92. The maximum atomic E-state index is 13.7. The van der Waals surface area contributed by atoms with E-state index < -0.39 is 39.7 Å². The highest BCUT2D eigenvalue weighted by Crippen LogP contribution is 2.55. The van der Waals surface area contributed by atoms with Gasteiger partial charge < -0.3 is 9.80 Å². The first-order chi connectivity index (χ1) is 12.0. The molecule has 0 radical (unpaired) electrons. The second-order valence-corrected chi connectivity index (χ2v) is 6.57. The molecule has 0 aromatic heterocycles. The van der Waals surface area contributed by atoms with Crippen LogP contribution >= 0.6 is 0 Å². The first-order valence-electron chi connectivity index (χ1n) is 6.56. The zero-order chi connectivity index (χ0) is 21.5. The van der Waals surface area contributed by atoms with E-state index in [0.29, 0.717) is 4.90 Å². The predicted molar refractivity (Wildman–Crippen MR) is 72.8 cm³/mol. The molecule has 1 aliphatic rings. The maximum Gasteiger partial charge on any atom is 0.460 e. The fraction of sp³-hybridized carbons (Fsp3) is 0.500. The summed E-state index contributed by atoms with van der Waals surface area (Å²) >= 11 is 0. The van der Waals surface area contributed by atoms with Crippen LogP contribution in [0.15, 0.2) is 37.8 Å². The van der Waals surface area contributed by atoms with Crippen molar-refractivity contribution in [3.05, 3.63) is 37.8 Å². The van der Waals surface area contributed by atoms with Gasteiger partial charge in [-0.3, -0.25) is 0 Å². The second-order valence-electron chi connectivity index (χ2n) is 4.95. The van der Waals surface area contributed by atoms with Crippen LogP contribution < -0.4 is 0 Å². The zero-order valence-corrected chi connectivity index (χ0v) is 13.8. The molecule has 0 bridgehead atoms. The number of rotatable bonds is 8. The van der Waals surface area contributed by atoms with Crippen molar-refractivity contribution in [2.24, 2.45) is 0 Å². The van der Waals surface area contributed by atoms with Gasteiger partial charge in [-0.2, -0.15) is 47.9 Å². The van der Waals surface area contributed by atoms with Gasteiger partial charge in [0, 0.05) is 25.1 Å². The van der Waals surface area contributed by atoms with Gasteiger partial charge in [-0.1, -0.05) is 12.7 Å². The molecule has 1 rings (SSSR count). The normalized spacial score (nSPS) is 19.5. The van der Waals surface area contributed by atoms with Crippen molar-refractivity contribution in [1.29, 1.82) is 0 Å². The van der Waals surface area contributed by atoms with Gasteiger partial charge in [0.2, 0.25) is 6.35 Å². The monoisotopic (exact) mass is 434 g/mol. The molecule has 1 atom stereocenters. The molecule has 0 saturated carbocycles. The van der Waals surface area contributed by atoms with E-state index in [-0.39, 0.29) is 6.54 Å². The fourth-order valence-corrected chi connectivity index (χ4v) is 2.73. The molecule has 0 aromatic rings. The molecule has 1 heterocycles. The highest BCUT2D eigenvalue weighted by molar-refractivity contribution is 7.87. The summed E-state index contributed by atoms with van der Waals surface area (Å²) in [7, 11) is -7.01. The van der Waals surface area contributed by atoms with Crippen LogP contribution in [0.3, 0.4) is 0 Å². The minimum atomic E-state index is -7.37. The maximum absolute atomic E-state index is 13.7. The molecule has 27 heavy (non-hydrogen) atoms. The van der Waals surface area contributed by atoms with Crippen molar-refractivity contribution < 1.29 is 52.1 Å². The van der Waals surface area contributed by atoms with Crippen LogP contribution in [-0.2, 0) is 14.3 Å². The summed E-state index contributed by atoms with van der Waals surface area (Å²) in [5.74, 6) is -14.7. The largest absolute Gasteiger partial charge is 0.460 e. The average Bonchev–Trinajstić information content (AvgIpc) is 2.87. The number of nitrogens with zero attached hydrogens (tertiary/aromatic N) is 2. The van der Waals surface area contributed by atoms with E-state index >= 15 is 0 Å². The Morgan fingerprint density at radius 2 is 1.48 bits per heavy atom. The molecule has 1 aliphatic heterocycles. The summed E-state index contributed by atoms with van der Waals surface area (Å²) in [5.41, 5.74) is 0. The van der Waals surface area contributed by atoms with Gasteiger partial charge >= 0.3 is 33.4 Å². The standard InChI is InChI=1S/C12H11F9N2O3S/c1-3-5-23-7-6-22(4-2)8(23)26-27(24,25)12(20,21)10(15,16)9(13,14)11(17,18)19/h3-4,6-8H,1-2,5H2. The molecule has 156 valence electrons. The SMILES string of the molecule is C=CCN1C=CN(C=C)C1OS(=O)(=O)C(F)(F)C(F)(F)C(F)(F)C(F)(F)F. The lowest BCUT2D eigenvalue weighted by molar-refractivity contribution is -0.383. The summed E-state index contributed by atoms with van der Waals surface area (Å²) in [5, 5.41) is -6.94. The molecule has 0 aliphatic carbocycles. The molecule has 15 heteroatoms. The van der Waals surface area contributed by atoms with Crippen molar-refractivity contribution in [1.82, 2.24) is 9.80 Å². The number of alkyl halides is 9. The van der Waals surface area contributed by atoms with Crippen molar-refractivity contribution in [3.8, 4) is 0 Å². The Hall–Kier alpha value is -1.90. The minimum Gasteiger partial charge on any atom is -0.329 e. The van der Waals surface area contributed by atoms with Crippen LogP contribution in [0.1, 0.15) is 0 Å². The third-order valence-electron chi connectivity index (χ3n) is 3.16. The van der Waals surface area contributed by atoms with Crippen LogP contribution in [0, 0.1) is 0 Å². The summed E-state index contributed by atoms with van der Waals surface area (Å²) < 4.78 is 143. The molecule has 5 nitrogen and oxygen atoms in total. The van der Waals surface area contributed by atoms with Gasteiger partial charge in [-0.05, 0) is 0 Å². The fourth-order valence-electron chi connectivity index (χ4n) is 1.73. The Bertz CT molecular complexity index is 718. The zero-order valence-electron chi connectivity index (χ0n) is 12.9. The van der Waals surface area contributed by atoms with E-state index in [1.807, 2.05) is 0 Å². The Balaban J connectivity index is 3.32. The molecule has 0 saturated heterocycles. The van der Waals surface area contributed by atoms with Crippen molar-refractivity contribution >= 4 is 10.1 Å². The van der Waals surface area contributed by atoms with Gasteiger partial charge in [0.05, 0.1) is 0 Å². The molecule has 1 unspecified atom stereocenters. The summed E-state index contributed by atoms with van der Waals surface area (Å²) in [6, 6.07) is 0. The third kappa shape index (κ3) is 3.61. The first kappa shape index (κ1) is 23.1. The Morgan fingerprint density at radius 3 is 1.89 bits per heavy atom. The smallest absolute Gasteiger partial charge is 0.329 e. The molecule has 0 N–H and O–H groups in total. The van der Waals surface area contributed by atoms with Crippen molar-refractivity contribution in [2.75, 3.05) is 6.54 Å². The first-order valence-corrected chi connectivity index (χ1v) is 7.96. The van der Waals surface area contributed by atoms with Crippen molar-refractivity contribution in [3.63, 3.8) is 0 Å². The molecule has 0 fully saturated rings. The quantitative estimate of drug-likeness (QED) is 0.333.